The number of carbonyl (C=O) groups excluding carboxylic acids is 1. The van der Waals surface area contributed by atoms with Crippen LogP contribution in [-0.2, 0) is 14.6 Å². The van der Waals surface area contributed by atoms with Gasteiger partial charge in [0.25, 0.3) is 0 Å². The first-order valence-corrected chi connectivity index (χ1v) is 11.2. The highest BCUT2D eigenvalue weighted by Crippen LogP contribution is 2.32. The second kappa shape index (κ2) is 8.95. The van der Waals surface area contributed by atoms with Crippen LogP contribution < -0.4 is 5.32 Å². The Morgan fingerprint density at radius 2 is 1.73 bits per heavy atom. The third-order valence-electron chi connectivity index (χ3n) is 5.87. The molecule has 5 atom stereocenters. The molecule has 7 nitrogen and oxygen atoms in total. The van der Waals surface area contributed by atoms with Crippen LogP contribution in [0.2, 0.25) is 0 Å². The first kappa shape index (κ1) is 21.5. The summed E-state index contributed by atoms with van der Waals surface area (Å²) in [4.78, 5) is 12.3. The molecule has 0 spiro atoms. The van der Waals surface area contributed by atoms with Gasteiger partial charge >= 0.3 is 0 Å². The molecule has 2 aliphatic carbocycles. The average molecular weight is 395 g/mol. The lowest BCUT2D eigenvalue weighted by molar-refractivity contribution is -0.131. The van der Waals surface area contributed by atoms with Crippen LogP contribution >= 0.6 is 0 Å². The Kier molecular flexibility index (Phi) is 7.41. The summed E-state index contributed by atoms with van der Waals surface area (Å²) in [5.41, 5.74) is 0. The van der Waals surface area contributed by atoms with Crippen LogP contribution in [0.5, 0.6) is 0 Å². The van der Waals surface area contributed by atoms with Crippen molar-refractivity contribution < 1.29 is 32.9 Å². The fourth-order valence-electron chi connectivity index (χ4n) is 4.07. The van der Waals surface area contributed by atoms with Crippen molar-refractivity contribution in [2.45, 2.75) is 74.5 Å². The van der Waals surface area contributed by atoms with Gasteiger partial charge in [0.1, 0.15) is 16.5 Å². The lowest BCUT2D eigenvalue weighted by Gasteiger charge is -2.35. The molecule has 2 rings (SSSR count). The Morgan fingerprint density at radius 3 is 2.23 bits per heavy atom. The fourth-order valence-corrected chi connectivity index (χ4v) is 5.20. The Bertz CT molecular complexity index is 578. The van der Waals surface area contributed by atoms with Gasteiger partial charge in [-0.05, 0) is 50.9 Å². The molecule has 0 radical (unpaired) electrons. The molecular weight excluding hydrogens is 365 g/mol. The van der Waals surface area contributed by atoms with E-state index in [9.17, 15) is 32.9 Å². The number of aliphatic hydroxyl groups excluding tert-OH is 3. The van der Waals surface area contributed by atoms with E-state index in [2.05, 4.69) is 5.32 Å². The van der Waals surface area contributed by atoms with Gasteiger partial charge in [-0.1, -0.05) is 0 Å². The molecule has 0 aliphatic heterocycles. The highest BCUT2D eigenvalue weighted by Gasteiger charge is 2.37. The number of aliphatic hydroxyl groups is 3. The lowest BCUT2D eigenvalue weighted by atomic mass is 9.81. The van der Waals surface area contributed by atoms with Gasteiger partial charge in [-0.3, -0.25) is 4.79 Å². The van der Waals surface area contributed by atoms with Crippen LogP contribution in [-0.4, -0.2) is 72.2 Å². The van der Waals surface area contributed by atoms with Crippen molar-refractivity contribution in [3.05, 3.63) is 0 Å². The van der Waals surface area contributed by atoms with Crippen LogP contribution in [0.15, 0.2) is 0 Å². The number of carbonyl (C=O) groups is 1. The molecule has 0 aromatic heterocycles. The summed E-state index contributed by atoms with van der Waals surface area (Å²) >= 11 is 0. The summed E-state index contributed by atoms with van der Waals surface area (Å²) in [6.07, 6.45) is 0.932. The van der Waals surface area contributed by atoms with Gasteiger partial charge in [0.2, 0.25) is 5.91 Å². The maximum atomic E-state index is 13.4. The minimum Gasteiger partial charge on any atom is -0.391 e. The maximum Gasteiger partial charge on any atom is 0.223 e. The van der Waals surface area contributed by atoms with Crippen LogP contribution in [0.3, 0.4) is 0 Å². The van der Waals surface area contributed by atoms with Gasteiger partial charge in [-0.25, -0.2) is 12.8 Å². The molecule has 26 heavy (non-hydrogen) atoms. The van der Waals surface area contributed by atoms with Crippen molar-refractivity contribution >= 4 is 15.7 Å². The SMILES string of the molecule is CS(=O)(=O)C1CCC([C@H](O)C(CF)NC(=O)C2CCC(O)C(O)C2)CC1. The number of amides is 1. The lowest BCUT2D eigenvalue weighted by Crippen LogP contribution is -2.51. The average Bonchev–Trinajstić information content (AvgIpc) is 2.60. The summed E-state index contributed by atoms with van der Waals surface area (Å²) in [6.45, 7) is -0.920. The van der Waals surface area contributed by atoms with E-state index < -0.39 is 57.9 Å². The molecule has 152 valence electrons. The van der Waals surface area contributed by atoms with Crippen molar-refractivity contribution in [3.63, 3.8) is 0 Å². The topological polar surface area (TPSA) is 124 Å². The van der Waals surface area contributed by atoms with Crippen molar-refractivity contribution in [3.8, 4) is 0 Å². The van der Waals surface area contributed by atoms with E-state index >= 15 is 0 Å². The number of alkyl halides is 1. The molecule has 4 unspecified atom stereocenters. The molecule has 2 aliphatic rings. The number of rotatable bonds is 6. The predicted molar refractivity (Wildman–Crippen MR) is 93.9 cm³/mol. The summed E-state index contributed by atoms with van der Waals surface area (Å²) in [5.74, 6) is -1.20. The normalized spacial score (nSPS) is 35.5. The Labute approximate surface area is 153 Å². The van der Waals surface area contributed by atoms with E-state index in [4.69, 9.17) is 0 Å². The minimum absolute atomic E-state index is 0.113. The van der Waals surface area contributed by atoms with Crippen LogP contribution in [0.1, 0.15) is 44.9 Å². The van der Waals surface area contributed by atoms with Gasteiger partial charge in [0.05, 0.1) is 29.6 Å². The molecule has 0 saturated heterocycles. The zero-order valence-corrected chi connectivity index (χ0v) is 15.9. The van der Waals surface area contributed by atoms with Crippen molar-refractivity contribution in [1.82, 2.24) is 5.32 Å². The first-order chi connectivity index (χ1) is 12.1. The highest BCUT2D eigenvalue weighted by atomic mass is 32.2. The van der Waals surface area contributed by atoms with Crippen LogP contribution in [0.25, 0.3) is 0 Å². The molecule has 0 heterocycles. The fraction of sp³-hybridized carbons (Fsp3) is 0.941. The van der Waals surface area contributed by atoms with E-state index in [1.54, 1.807) is 0 Å². The van der Waals surface area contributed by atoms with Gasteiger partial charge < -0.3 is 20.6 Å². The van der Waals surface area contributed by atoms with Crippen molar-refractivity contribution in [2.24, 2.45) is 11.8 Å². The molecular formula is C17H30FNO6S. The standard InChI is InChI=1S/C17H30FNO6S/c1-26(24,25)12-5-2-10(3-6-12)16(22)13(9-18)19-17(23)11-4-7-14(20)15(21)8-11/h10-16,20-22H,2-9H2,1H3,(H,19,23)/t10?,11?,12?,13?,14?,15?,16-/m0/s1. The van der Waals surface area contributed by atoms with E-state index in [0.29, 0.717) is 38.5 Å². The number of hydrogen-bond acceptors (Lipinski definition) is 6. The second-order valence-electron chi connectivity index (χ2n) is 7.77. The maximum absolute atomic E-state index is 13.4. The van der Waals surface area contributed by atoms with E-state index in [1.807, 2.05) is 0 Å². The zero-order chi connectivity index (χ0) is 19.5. The highest BCUT2D eigenvalue weighted by molar-refractivity contribution is 7.91. The molecule has 9 heteroatoms. The molecule has 1 amide bonds. The Balaban J connectivity index is 1.88. The monoisotopic (exact) mass is 395 g/mol. The second-order valence-corrected chi connectivity index (χ2v) is 10.1. The first-order valence-electron chi connectivity index (χ1n) is 9.22. The Morgan fingerprint density at radius 1 is 1.12 bits per heavy atom. The predicted octanol–water partition coefficient (Wildman–Crippen LogP) is -0.0731. The third-order valence-corrected chi connectivity index (χ3v) is 7.55. The molecule has 2 fully saturated rings. The summed E-state index contributed by atoms with van der Waals surface area (Å²) in [5, 5.41) is 31.8. The molecule has 2 saturated carbocycles. The number of nitrogens with one attached hydrogen (secondary N) is 1. The third kappa shape index (κ3) is 5.37. The van der Waals surface area contributed by atoms with E-state index in [0.717, 1.165) is 0 Å². The summed E-state index contributed by atoms with van der Waals surface area (Å²) in [7, 11) is -3.11. The number of halogens is 1. The van der Waals surface area contributed by atoms with Crippen LogP contribution in [0, 0.1) is 11.8 Å². The summed E-state index contributed by atoms with van der Waals surface area (Å²) < 4.78 is 36.6. The van der Waals surface area contributed by atoms with Crippen LogP contribution in [0.4, 0.5) is 4.39 Å². The smallest absolute Gasteiger partial charge is 0.223 e. The summed E-state index contributed by atoms with van der Waals surface area (Å²) in [6, 6.07) is -1.05. The quantitative estimate of drug-likeness (QED) is 0.499. The zero-order valence-electron chi connectivity index (χ0n) is 15.1. The molecule has 4 N–H and O–H groups in total. The molecule has 0 aromatic carbocycles. The molecule has 0 aromatic rings. The van der Waals surface area contributed by atoms with Crippen molar-refractivity contribution in [2.75, 3.05) is 12.9 Å². The van der Waals surface area contributed by atoms with Gasteiger partial charge in [-0.2, -0.15) is 0 Å². The van der Waals surface area contributed by atoms with E-state index in [-0.39, 0.29) is 12.3 Å². The Hall–Kier alpha value is -0.770. The minimum atomic E-state index is -3.11. The van der Waals surface area contributed by atoms with Gasteiger partial charge in [0, 0.05) is 12.2 Å². The number of sulfone groups is 1. The van der Waals surface area contributed by atoms with E-state index in [1.165, 1.54) is 6.26 Å². The molecule has 0 bridgehead atoms. The number of hydrogen-bond donors (Lipinski definition) is 4. The van der Waals surface area contributed by atoms with Crippen molar-refractivity contribution in [1.29, 1.82) is 0 Å². The van der Waals surface area contributed by atoms with Gasteiger partial charge in [-0.15, -0.1) is 0 Å². The van der Waals surface area contributed by atoms with Gasteiger partial charge in [0.15, 0.2) is 0 Å². The largest absolute Gasteiger partial charge is 0.391 e.